The molecule has 0 amide bonds. The molecule has 0 aliphatic carbocycles. The second-order valence-electron chi connectivity index (χ2n) is 7.90. The molecule has 0 unspecified atom stereocenters. The zero-order valence-electron chi connectivity index (χ0n) is 17.5. The highest BCUT2D eigenvalue weighted by Gasteiger charge is 2.16. The maximum Gasteiger partial charge on any atom is 0.0569 e. The molecule has 2 nitrogen and oxygen atoms in total. The first-order chi connectivity index (χ1) is 14.6. The van der Waals surface area contributed by atoms with Crippen LogP contribution < -0.4 is 0 Å². The highest BCUT2D eigenvalue weighted by Crippen LogP contribution is 2.40. The van der Waals surface area contributed by atoms with Crippen molar-refractivity contribution < 1.29 is 0 Å². The van der Waals surface area contributed by atoms with Gasteiger partial charge >= 0.3 is 0 Å². The van der Waals surface area contributed by atoms with Gasteiger partial charge in [-0.05, 0) is 48.9 Å². The molecule has 6 rings (SSSR count). The smallest absolute Gasteiger partial charge is 0.0569 e. The largest absolute Gasteiger partial charge is 0.343 e. The molecule has 0 radical (unpaired) electrons. The number of thioether (sulfide) groups is 2. The monoisotopic (exact) mass is 426 g/mol. The molecule has 0 atom stereocenters. The molecule has 2 aromatic heterocycles. The van der Waals surface area contributed by atoms with Crippen molar-refractivity contribution in [3.05, 3.63) is 60.7 Å². The van der Waals surface area contributed by atoms with Crippen molar-refractivity contribution in [3.8, 4) is 0 Å². The molecular formula is C26H22N2S2. The van der Waals surface area contributed by atoms with E-state index >= 15 is 0 Å². The summed E-state index contributed by atoms with van der Waals surface area (Å²) in [5, 5.41) is 7.98. The normalized spacial score (nSPS) is 12.3. The molecule has 0 saturated carbocycles. The molecule has 4 heteroatoms. The van der Waals surface area contributed by atoms with Crippen molar-refractivity contribution in [1.29, 1.82) is 0 Å². The summed E-state index contributed by atoms with van der Waals surface area (Å²) in [6, 6.07) is 22.9. The number of fused-ring (bicyclic) bond motifs is 9. The standard InChI is InChI=1S/C26H22N2S2/c1-27-23-11-5-15(29-3)13-21(23)19-9-8-18-17(25(19)27)7-10-20-22-14-16(30-4)6-12-24(22)28(2)26(18)20/h5-14H,1-4H3. The Balaban J connectivity index is 1.80. The zero-order chi connectivity index (χ0) is 20.6. The second kappa shape index (κ2) is 6.47. The van der Waals surface area contributed by atoms with Gasteiger partial charge in [0.15, 0.2) is 0 Å². The van der Waals surface area contributed by atoms with Crippen molar-refractivity contribution >= 4 is 77.9 Å². The number of benzene rings is 4. The summed E-state index contributed by atoms with van der Waals surface area (Å²) in [6.07, 6.45) is 4.28. The van der Waals surface area contributed by atoms with Gasteiger partial charge in [-0.1, -0.05) is 24.3 Å². The van der Waals surface area contributed by atoms with Gasteiger partial charge in [0.05, 0.1) is 11.0 Å². The lowest BCUT2D eigenvalue weighted by molar-refractivity contribution is 1.01. The van der Waals surface area contributed by atoms with Crippen LogP contribution in [0.15, 0.2) is 70.5 Å². The Morgan fingerprint density at radius 1 is 0.500 bits per heavy atom. The first kappa shape index (κ1) is 18.2. The summed E-state index contributed by atoms with van der Waals surface area (Å²) < 4.78 is 4.72. The van der Waals surface area contributed by atoms with E-state index in [1.54, 1.807) is 23.5 Å². The van der Waals surface area contributed by atoms with Crippen LogP contribution in [0.4, 0.5) is 0 Å². The molecule has 0 fully saturated rings. The third-order valence-corrected chi connectivity index (χ3v) is 7.98. The van der Waals surface area contributed by atoms with Crippen LogP contribution in [-0.2, 0) is 14.1 Å². The molecule has 0 aliphatic rings. The Morgan fingerprint density at radius 2 is 0.867 bits per heavy atom. The molecule has 0 bridgehead atoms. The Bertz CT molecular complexity index is 1510. The first-order valence-corrected chi connectivity index (χ1v) is 12.5. The van der Waals surface area contributed by atoms with E-state index in [2.05, 4.69) is 96.4 Å². The average Bonchev–Trinajstić information content (AvgIpc) is 3.24. The summed E-state index contributed by atoms with van der Waals surface area (Å²) in [7, 11) is 4.39. The number of aryl methyl sites for hydroxylation is 2. The van der Waals surface area contributed by atoms with Gasteiger partial charge in [-0.2, -0.15) is 0 Å². The lowest BCUT2D eigenvalue weighted by atomic mass is 10.0. The van der Waals surface area contributed by atoms with Gasteiger partial charge in [0, 0.05) is 67.2 Å². The van der Waals surface area contributed by atoms with Gasteiger partial charge in [0.25, 0.3) is 0 Å². The number of hydrogen-bond donors (Lipinski definition) is 0. The van der Waals surface area contributed by atoms with Crippen LogP contribution in [0.3, 0.4) is 0 Å². The molecule has 4 aromatic carbocycles. The number of rotatable bonds is 2. The van der Waals surface area contributed by atoms with Gasteiger partial charge in [-0.25, -0.2) is 0 Å². The Morgan fingerprint density at radius 3 is 1.23 bits per heavy atom. The van der Waals surface area contributed by atoms with E-state index in [1.165, 1.54) is 64.2 Å². The minimum absolute atomic E-state index is 1.29. The number of aromatic nitrogens is 2. The summed E-state index contributed by atoms with van der Waals surface area (Å²) in [5.41, 5.74) is 5.21. The van der Waals surface area contributed by atoms with Gasteiger partial charge in [0.2, 0.25) is 0 Å². The molecule has 148 valence electrons. The summed E-state index contributed by atoms with van der Waals surface area (Å²) in [5.74, 6) is 0. The number of nitrogens with zero attached hydrogens (tertiary/aromatic N) is 2. The minimum Gasteiger partial charge on any atom is -0.343 e. The first-order valence-electron chi connectivity index (χ1n) is 10.1. The van der Waals surface area contributed by atoms with Crippen molar-refractivity contribution in [3.63, 3.8) is 0 Å². The lowest BCUT2D eigenvalue weighted by Crippen LogP contribution is -1.91. The summed E-state index contributed by atoms with van der Waals surface area (Å²) in [4.78, 5) is 2.62. The van der Waals surface area contributed by atoms with E-state index in [1.807, 2.05) is 0 Å². The van der Waals surface area contributed by atoms with Crippen LogP contribution in [0, 0.1) is 0 Å². The van der Waals surface area contributed by atoms with Crippen LogP contribution >= 0.6 is 23.5 Å². The summed E-state index contributed by atoms with van der Waals surface area (Å²) in [6.45, 7) is 0. The summed E-state index contributed by atoms with van der Waals surface area (Å²) >= 11 is 3.60. The van der Waals surface area contributed by atoms with E-state index in [0.29, 0.717) is 0 Å². The predicted octanol–water partition coefficient (Wildman–Crippen LogP) is 7.57. The van der Waals surface area contributed by atoms with E-state index in [9.17, 15) is 0 Å². The van der Waals surface area contributed by atoms with Crippen molar-refractivity contribution in [2.75, 3.05) is 12.5 Å². The van der Waals surface area contributed by atoms with Crippen LogP contribution in [0.2, 0.25) is 0 Å². The fraction of sp³-hybridized carbons (Fsp3) is 0.154. The van der Waals surface area contributed by atoms with Crippen molar-refractivity contribution in [2.45, 2.75) is 9.79 Å². The Labute approximate surface area is 183 Å². The molecule has 30 heavy (non-hydrogen) atoms. The van der Waals surface area contributed by atoms with Gasteiger partial charge in [-0.15, -0.1) is 23.5 Å². The minimum atomic E-state index is 1.29. The van der Waals surface area contributed by atoms with Crippen LogP contribution in [0.5, 0.6) is 0 Å². The van der Waals surface area contributed by atoms with E-state index in [0.717, 1.165) is 0 Å². The van der Waals surface area contributed by atoms with E-state index in [4.69, 9.17) is 0 Å². The number of hydrogen-bond acceptors (Lipinski definition) is 2. The topological polar surface area (TPSA) is 9.86 Å². The van der Waals surface area contributed by atoms with Gasteiger partial charge < -0.3 is 9.13 Å². The molecule has 0 saturated heterocycles. The maximum absolute atomic E-state index is 2.36. The molecule has 6 aromatic rings. The van der Waals surface area contributed by atoms with Crippen LogP contribution in [-0.4, -0.2) is 21.6 Å². The third kappa shape index (κ3) is 2.29. The molecular weight excluding hydrogens is 404 g/mol. The van der Waals surface area contributed by atoms with Crippen molar-refractivity contribution in [1.82, 2.24) is 9.13 Å². The Hall–Kier alpha value is -2.56. The zero-order valence-corrected chi connectivity index (χ0v) is 19.1. The van der Waals surface area contributed by atoms with Crippen LogP contribution in [0.1, 0.15) is 0 Å². The molecule has 2 heterocycles. The Kier molecular flexibility index (Phi) is 3.93. The highest BCUT2D eigenvalue weighted by atomic mass is 32.2. The average molecular weight is 427 g/mol. The van der Waals surface area contributed by atoms with Gasteiger partial charge in [0.1, 0.15) is 0 Å². The quantitative estimate of drug-likeness (QED) is 0.264. The van der Waals surface area contributed by atoms with E-state index < -0.39 is 0 Å². The molecule has 0 N–H and O–H groups in total. The van der Waals surface area contributed by atoms with Crippen LogP contribution in [0.25, 0.3) is 54.4 Å². The van der Waals surface area contributed by atoms with Gasteiger partial charge in [-0.3, -0.25) is 0 Å². The third-order valence-electron chi connectivity index (χ3n) is 6.53. The predicted molar refractivity (Wildman–Crippen MR) is 135 cm³/mol. The second-order valence-corrected chi connectivity index (χ2v) is 9.66. The SMILES string of the molecule is CSc1ccc2c(c1)c1ccc3c(ccc4c5cc(SC)ccc5n(C)c43)c1n2C. The van der Waals surface area contributed by atoms with E-state index in [-0.39, 0.29) is 0 Å². The molecule has 0 aliphatic heterocycles. The lowest BCUT2D eigenvalue weighted by Gasteiger charge is -2.07. The fourth-order valence-electron chi connectivity index (χ4n) is 5.07. The van der Waals surface area contributed by atoms with Crippen molar-refractivity contribution in [2.24, 2.45) is 14.1 Å². The maximum atomic E-state index is 2.36. The highest BCUT2D eigenvalue weighted by molar-refractivity contribution is 7.98. The fourth-order valence-corrected chi connectivity index (χ4v) is 5.95. The molecule has 0 spiro atoms.